The molecule has 1 N–H and O–H groups in total. The molecule has 216 valence electrons. The van der Waals surface area contributed by atoms with Crippen molar-refractivity contribution in [1.29, 1.82) is 0 Å². The van der Waals surface area contributed by atoms with Crippen LogP contribution in [-0.4, -0.2) is 52.4 Å². The summed E-state index contributed by atoms with van der Waals surface area (Å²) in [4.78, 5) is 23.3. The number of hydrogen-bond donors (Lipinski definition) is 1. The molecule has 0 bridgehead atoms. The Morgan fingerprint density at radius 3 is 1.93 bits per heavy atom. The van der Waals surface area contributed by atoms with E-state index in [-0.39, 0.29) is 27.3 Å². The summed E-state index contributed by atoms with van der Waals surface area (Å²) in [5, 5.41) is 2.44. The minimum Gasteiger partial charge on any atom is -0.484 e. The average Bonchev–Trinajstić information content (AvgIpc) is 2.91. The lowest BCUT2D eigenvalue weighted by Crippen LogP contribution is -2.21. The Balaban J connectivity index is 0.000000263. The van der Waals surface area contributed by atoms with Gasteiger partial charge in [-0.05, 0) is 79.0 Å². The SMILES string of the molecule is COc1ccc2c(=O)n(-c3ccc(OCC(F)(F)F)cc3)c(=S)[nH]c2n1.FC(F)(F)COc1ccc(N=C=S)cc1. The minimum absolute atomic E-state index is 0.0289. The average molecular weight is 617 g/mol. The number of fused-ring (bicyclic) bond motifs is 1. The molecule has 0 radical (unpaired) electrons. The van der Waals surface area contributed by atoms with Gasteiger partial charge in [0, 0.05) is 6.07 Å². The molecule has 0 amide bonds. The fourth-order valence-corrected chi connectivity index (χ4v) is 3.51. The first kappa shape index (κ1) is 31.3. The van der Waals surface area contributed by atoms with Crippen LogP contribution in [0.3, 0.4) is 0 Å². The van der Waals surface area contributed by atoms with Crippen LogP contribution < -0.4 is 19.8 Å². The predicted molar refractivity (Wildman–Crippen MR) is 143 cm³/mol. The maximum atomic E-state index is 12.7. The number of methoxy groups -OCH3 is 1. The Morgan fingerprint density at radius 1 is 0.902 bits per heavy atom. The lowest BCUT2D eigenvalue weighted by molar-refractivity contribution is -0.154. The second kappa shape index (κ2) is 13.4. The van der Waals surface area contributed by atoms with E-state index in [1.54, 1.807) is 12.1 Å². The van der Waals surface area contributed by atoms with Crippen molar-refractivity contribution in [2.24, 2.45) is 4.99 Å². The number of benzene rings is 2. The first-order valence-electron chi connectivity index (χ1n) is 11.2. The minimum atomic E-state index is -4.43. The quantitative estimate of drug-likeness (QED) is 0.140. The summed E-state index contributed by atoms with van der Waals surface area (Å²) in [6, 6.07) is 14.4. The number of pyridine rings is 1. The third-order valence-corrected chi connectivity index (χ3v) is 5.23. The van der Waals surface area contributed by atoms with Gasteiger partial charge in [0.2, 0.25) is 5.88 Å². The van der Waals surface area contributed by atoms with Gasteiger partial charge in [-0.1, -0.05) is 0 Å². The van der Waals surface area contributed by atoms with Crippen LogP contribution in [-0.2, 0) is 0 Å². The van der Waals surface area contributed by atoms with Gasteiger partial charge in [-0.3, -0.25) is 9.36 Å². The zero-order valence-corrected chi connectivity index (χ0v) is 22.4. The molecule has 0 unspecified atom stereocenters. The molecule has 2 heterocycles. The van der Waals surface area contributed by atoms with Gasteiger partial charge in [0.25, 0.3) is 5.56 Å². The second-order valence-electron chi connectivity index (χ2n) is 7.82. The van der Waals surface area contributed by atoms with E-state index in [1.165, 1.54) is 60.2 Å². The van der Waals surface area contributed by atoms with Crippen LogP contribution in [0.2, 0.25) is 0 Å². The third-order valence-electron chi connectivity index (χ3n) is 4.85. The molecule has 2 aromatic carbocycles. The zero-order chi connectivity index (χ0) is 30.2. The van der Waals surface area contributed by atoms with E-state index >= 15 is 0 Å². The Morgan fingerprint density at radius 2 is 1.44 bits per heavy atom. The van der Waals surface area contributed by atoms with E-state index in [9.17, 15) is 31.1 Å². The molecular weight excluding hydrogens is 598 g/mol. The molecule has 0 fully saturated rings. The van der Waals surface area contributed by atoms with Gasteiger partial charge in [-0.2, -0.15) is 36.3 Å². The van der Waals surface area contributed by atoms with Crippen molar-refractivity contribution in [3.8, 4) is 23.1 Å². The number of thiocarbonyl (C=S) groups is 1. The summed E-state index contributed by atoms with van der Waals surface area (Å²) in [6.45, 7) is -2.70. The van der Waals surface area contributed by atoms with Crippen molar-refractivity contribution in [3.05, 3.63) is 75.8 Å². The molecule has 4 aromatic rings. The summed E-state index contributed by atoms with van der Waals surface area (Å²) in [5.41, 5.74) is 0.765. The van der Waals surface area contributed by atoms with Crippen molar-refractivity contribution in [3.63, 3.8) is 0 Å². The Bertz CT molecular complexity index is 1650. The molecule has 0 spiro atoms. The molecule has 41 heavy (non-hydrogen) atoms. The molecule has 0 saturated heterocycles. The van der Waals surface area contributed by atoms with Crippen LogP contribution >= 0.6 is 24.4 Å². The number of aliphatic imine (C=N–C) groups is 1. The standard InChI is InChI=1S/C16H12F3N3O3S.C9H6F3NOS/c1-24-12-7-6-11-13(20-12)21-15(26)22(14(11)23)9-2-4-10(5-3-9)25-8-16(17,18)19;10-9(11,12)5-14-8-3-1-7(2-4-8)13-6-15/h2-7H,8H2,1H3,(H,20,21,26);1-4H,5H2. The van der Waals surface area contributed by atoms with Crippen LogP contribution in [0.5, 0.6) is 17.4 Å². The van der Waals surface area contributed by atoms with Crippen LogP contribution in [0.25, 0.3) is 16.7 Å². The van der Waals surface area contributed by atoms with Gasteiger partial charge >= 0.3 is 12.4 Å². The molecule has 8 nitrogen and oxygen atoms in total. The zero-order valence-electron chi connectivity index (χ0n) is 20.7. The van der Waals surface area contributed by atoms with E-state index in [0.29, 0.717) is 17.3 Å². The molecule has 0 aliphatic heterocycles. The topological polar surface area (TPSA) is 90.7 Å². The van der Waals surface area contributed by atoms with E-state index in [4.69, 9.17) is 17.0 Å². The number of ether oxygens (including phenoxy) is 3. The van der Waals surface area contributed by atoms with Crippen molar-refractivity contribution >= 4 is 46.3 Å². The van der Waals surface area contributed by atoms with E-state index in [1.807, 2.05) is 0 Å². The normalized spacial score (nSPS) is 11.2. The molecule has 0 aliphatic carbocycles. The number of nitrogens with zero attached hydrogens (tertiary/aromatic N) is 3. The van der Waals surface area contributed by atoms with E-state index < -0.39 is 31.1 Å². The number of halogens is 6. The Labute approximate surface area is 237 Å². The number of nitrogens with one attached hydrogen (secondary N) is 1. The lowest BCUT2D eigenvalue weighted by atomic mass is 10.3. The van der Waals surface area contributed by atoms with Crippen molar-refractivity contribution in [1.82, 2.24) is 14.5 Å². The van der Waals surface area contributed by atoms with Crippen molar-refractivity contribution in [2.45, 2.75) is 12.4 Å². The highest BCUT2D eigenvalue weighted by Gasteiger charge is 2.29. The molecule has 4 rings (SSSR count). The highest BCUT2D eigenvalue weighted by atomic mass is 32.1. The molecular formula is C25H18F6N4O4S2. The van der Waals surface area contributed by atoms with E-state index in [2.05, 4.69) is 41.8 Å². The molecule has 2 aromatic heterocycles. The monoisotopic (exact) mass is 616 g/mol. The number of aromatic nitrogens is 3. The third kappa shape index (κ3) is 9.41. The Hall–Kier alpha value is -4.27. The van der Waals surface area contributed by atoms with Crippen molar-refractivity contribution < 1.29 is 40.6 Å². The van der Waals surface area contributed by atoms with Crippen LogP contribution in [0.4, 0.5) is 32.0 Å². The number of H-pyrrole nitrogens is 1. The summed E-state index contributed by atoms with van der Waals surface area (Å²) in [7, 11) is 1.45. The largest absolute Gasteiger partial charge is 0.484 e. The highest BCUT2D eigenvalue weighted by molar-refractivity contribution is 7.78. The van der Waals surface area contributed by atoms with Gasteiger partial charge in [-0.25, -0.2) is 0 Å². The second-order valence-corrected chi connectivity index (χ2v) is 8.39. The summed E-state index contributed by atoms with van der Waals surface area (Å²) in [5.74, 6) is 0.489. The van der Waals surface area contributed by atoms with Crippen LogP contribution in [0.1, 0.15) is 0 Å². The molecule has 0 aliphatic rings. The first-order valence-corrected chi connectivity index (χ1v) is 12.0. The molecule has 0 atom stereocenters. The highest BCUT2D eigenvalue weighted by Crippen LogP contribution is 2.22. The van der Waals surface area contributed by atoms with Crippen molar-refractivity contribution in [2.75, 3.05) is 20.3 Å². The number of isothiocyanates is 1. The smallest absolute Gasteiger partial charge is 0.422 e. The first-order chi connectivity index (χ1) is 19.3. The fourth-order valence-electron chi connectivity index (χ4n) is 3.12. The van der Waals surface area contributed by atoms with Gasteiger partial charge < -0.3 is 19.2 Å². The lowest BCUT2D eigenvalue weighted by Gasteiger charge is -2.11. The van der Waals surface area contributed by atoms with Gasteiger partial charge in [0.15, 0.2) is 18.0 Å². The van der Waals surface area contributed by atoms with Gasteiger partial charge in [-0.15, -0.1) is 0 Å². The van der Waals surface area contributed by atoms with E-state index in [0.717, 1.165) is 0 Å². The summed E-state index contributed by atoms with van der Waals surface area (Å²) >= 11 is 9.58. The summed E-state index contributed by atoms with van der Waals surface area (Å²) in [6.07, 6.45) is -8.75. The maximum Gasteiger partial charge on any atom is 0.422 e. The van der Waals surface area contributed by atoms with Crippen LogP contribution in [0, 0.1) is 4.77 Å². The summed E-state index contributed by atoms with van der Waals surface area (Å²) < 4.78 is 87.4. The Kier molecular flexibility index (Phi) is 10.2. The fraction of sp³-hybridized carbons (Fsp3) is 0.200. The number of hydrogen-bond acceptors (Lipinski definition) is 8. The molecule has 16 heteroatoms. The molecule has 0 saturated carbocycles. The number of alkyl halides is 6. The number of rotatable bonds is 7. The predicted octanol–water partition coefficient (Wildman–Crippen LogP) is 6.75. The number of aromatic amines is 1. The van der Waals surface area contributed by atoms with Gasteiger partial charge in [0.05, 0.1) is 29.0 Å². The van der Waals surface area contributed by atoms with Gasteiger partial charge in [0.1, 0.15) is 17.1 Å². The van der Waals surface area contributed by atoms with Crippen LogP contribution in [0.15, 0.2) is 70.5 Å². The maximum absolute atomic E-state index is 12.7.